The average molecular weight is 313 g/mol. The van der Waals surface area contributed by atoms with Gasteiger partial charge in [0.25, 0.3) is 0 Å². The van der Waals surface area contributed by atoms with Crippen molar-refractivity contribution >= 4 is 23.6 Å². The van der Waals surface area contributed by atoms with Gasteiger partial charge >= 0.3 is 12.0 Å². The zero-order valence-corrected chi connectivity index (χ0v) is 12.8. The summed E-state index contributed by atoms with van der Waals surface area (Å²) in [5.74, 6) is -0.855. The molecule has 1 aromatic carbocycles. The number of hydrogen-bond donors (Lipinski definition) is 3. The standard InChI is InChI=1S/C15H21ClN2O3/c1-2-13(10-11-5-7-12(16)8-6-11)18-15(21)17-9-3-4-14(19)20/h5-8,13H,2-4,9-10H2,1H3,(H,19,20)(H2,17,18,21). The van der Waals surface area contributed by atoms with E-state index in [2.05, 4.69) is 10.6 Å². The molecule has 5 nitrogen and oxygen atoms in total. The van der Waals surface area contributed by atoms with Gasteiger partial charge in [-0.15, -0.1) is 0 Å². The molecule has 0 heterocycles. The van der Waals surface area contributed by atoms with Crippen LogP contribution in [0.4, 0.5) is 4.79 Å². The summed E-state index contributed by atoms with van der Waals surface area (Å²) in [6, 6.07) is 7.31. The Morgan fingerprint density at radius 1 is 1.29 bits per heavy atom. The molecule has 21 heavy (non-hydrogen) atoms. The van der Waals surface area contributed by atoms with E-state index in [1.165, 1.54) is 0 Å². The summed E-state index contributed by atoms with van der Waals surface area (Å²) < 4.78 is 0. The first-order valence-electron chi connectivity index (χ1n) is 7.02. The van der Waals surface area contributed by atoms with Crippen molar-refractivity contribution in [2.75, 3.05) is 6.54 Å². The Hall–Kier alpha value is -1.75. The van der Waals surface area contributed by atoms with Gasteiger partial charge in [0.2, 0.25) is 0 Å². The van der Waals surface area contributed by atoms with E-state index in [0.29, 0.717) is 18.0 Å². The van der Waals surface area contributed by atoms with Crippen molar-refractivity contribution in [2.45, 2.75) is 38.6 Å². The van der Waals surface area contributed by atoms with Gasteiger partial charge in [-0.3, -0.25) is 4.79 Å². The second-order valence-electron chi connectivity index (χ2n) is 4.83. The van der Waals surface area contributed by atoms with E-state index in [4.69, 9.17) is 16.7 Å². The monoisotopic (exact) mass is 312 g/mol. The van der Waals surface area contributed by atoms with Crippen LogP contribution in [0.1, 0.15) is 31.7 Å². The second-order valence-corrected chi connectivity index (χ2v) is 5.27. The number of urea groups is 1. The Morgan fingerprint density at radius 2 is 1.95 bits per heavy atom. The van der Waals surface area contributed by atoms with Crippen LogP contribution in [-0.2, 0) is 11.2 Å². The lowest BCUT2D eigenvalue weighted by molar-refractivity contribution is -0.137. The zero-order valence-electron chi connectivity index (χ0n) is 12.1. The molecule has 0 aliphatic rings. The first kappa shape index (κ1) is 17.3. The van der Waals surface area contributed by atoms with Gasteiger partial charge in [0.05, 0.1) is 0 Å². The molecule has 0 spiro atoms. The van der Waals surface area contributed by atoms with Crippen molar-refractivity contribution in [1.82, 2.24) is 10.6 Å². The van der Waals surface area contributed by atoms with Gasteiger partial charge in [0.15, 0.2) is 0 Å². The van der Waals surface area contributed by atoms with E-state index >= 15 is 0 Å². The van der Waals surface area contributed by atoms with E-state index < -0.39 is 5.97 Å². The van der Waals surface area contributed by atoms with Gasteiger partial charge in [0.1, 0.15) is 0 Å². The number of hydrogen-bond acceptors (Lipinski definition) is 2. The van der Waals surface area contributed by atoms with Crippen LogP contribution >= 0.6 is 11.6 Å². The molecule has 1 unspecified atom stereocenters. The van der Waals surface area contributed by atoms with E-state index in [9.17, 15) is 9.59 Å². The highest BCUT2D eigenvalue weighted by molar-refractivity contribution is 6.30. The van der Waals surface area contributed by atoms with E-state index in [1.54, 1.807) is 0 Å². The van der Waals surface area contributed by atoms with Crippen LogP contribution in [-0.4, -0.2) is 29.7 Å². The van der Waals surface area contributed by atoms with Crippen molar-refractivity contribution in [3.8, 4) is 0 Å². The molecule has 0 saturated carbocycles. The van der Waals surface area contributed by atoms with Crippen molar-refractivity contribution in [3.63, 3.8) is 0 Å². The molecule has 3 N–H and O–H groups in total. The normalized spacial score (nSPS) is 11.7. The molecular formula is C15H21ClN2O3. The lowest BCUT2D eigenvalue weighted by Crippen LogP contribution is -2.43. The molecule has 116 valence electrons. The predicted octanol–water partition coefficient (Wildman–Crippen LogP) is 2.83. The van der Waals surface area contributed by atoms with Gasteiger partial charge in [-0.2, -0.15) is 0 Å². The topological polar surface area (TPSA) is 78.4 Å². The number of rotatable bonds is 8. The summed E-state index contributed by atoms with van der Waals surface area (Å²) in [5, 5.41) is 14.7. The summed E-state index contributed by atoms with van der Waals surface area (Å²) in [6.07, 6.45) is 2.03. The number of carboxylic acid groups (broad SMARTS) is 1. The molecular weight excluding hydrogens is 292 g/mol. The number of nitrogens with one attached hydrogen (secondary N) is 2. The van der Waals surface area contributed by atoms with Crippen molar-refractivity contribution in [1.29, 1.82) is 0 Å². The first-order chi connectivity index (χ1) is 10.0. The third-order valence-electron chi connectivity index (χ3n) is 3.08. The van der Waals surface area contributed by atoms with Gasteiger partial charge < -0.3 is 15.7 Å². The summed E-state index contributed by atoms with van der Waals surface area (Å²) in [7, 11) is 0. The molecule has 0 aliphatic heterocycles. The highest BCUT2D eigenvalue weighted by Gasteiger charge is 2.11. The fourth-order valence-electron chi connectivity index (χ4n) is 1.88. The second kappa shape index (κ2) is 9.23. The minimum atomic E-state index is -0.855. The molecule has 2 amide bonds. The molecule has 0 saturated heterocycles. The van der Waals surface area contributed by atoms with E-state index in [-0.39, 0.29) is 18.5 Å². The van der Waals surface area contributed by atoms with E-state index in [1.807, 2.05) is 31.2 Å². The fraction of sp³-hybridized carbons (Fsp3) is 0.467. The molecule has 0 radical (unpaired) electrons. The minimum absolute atomic E-state index is 0.0330. The lowest BCUT2D eigenvalue weighted by atomic mass is 10.0. The van der Waals surface area contributed by atoms with Crippen LogP contribution < -0.4 is 10.6 Å². The largest absolute Gasteiger partial charge is 0.481 e. The molecule has 1 aromatic rings. The maximum atomic E-state index is 11.7. The quantitative estimate of drug-likeness (QED) is 0.646. The number of carboxylic acids is 1. The molecule has 1 atom stereocenters. The number of benzene rings is 1. The first-order valence-corrected chi connectivity index (χ1v) is 7.39. The number of aliphatic carboxylic acids is 1. The van der Waals surface area contributed by atoms with Gasteiger partial charge in [-0.05, 0) is 37.0 Å². The van der Waals surface area contributed by atoms with Crippen LogP contribution in [0.5, 0.6) is 0 Å². The highest BCUT2D eigenvalue weighted by atomic mass is 35.5. The average Bonchev–Trinajstić information content (AvgIpc) is 2.45. The SMILES string of the molecule is CCC(Cc1ccc(Cl)cc1)NC(=O)NCCCC(=O)O. The molecule has 0 aliphatic carbocycles. The highest BCUT2D eigenvalue weighted by Crippen LogP contribution is 2.12. The fourth-order valence-corrected chi connectivity index (χ4v) is 2.01. The summed E-state index contributed by atoms with van der Waals surface area (Å²) >= 11 is 5.84. The smallest absolute Gasteiger partial charge is 0.315 e. The van der Waals surface area contributed by atoms with Gasteiger partial charge in [0, 0.05) is 24.0 Å². The van der Waals surface area contributed by atoms with Crippen LogP contribution in [0, 0.1) is 0 Å². The minimum Gasteiger partial charge on any atom is -0.481 e. The molecule has 1 rings (SSSR count). The third-order valence-corrected chi connectivity index (χ3v) is 3.33. The lowest BCUT2D eigenvalue weighted by Gasteiger charge is -2.17. The summed E-state index contributed by atoms with van der Waals surface area (Å²) in [5.41, 5.74) is 1.11. The Bertz CT molecular complexity index is 462. The molecule has 0 fully saturated rings. The van der Waals surface area contributed by atoms with Crippen LogP contribution in [0.3, 0.4) is 0 Å². The Morgan fingerprint density at radius 3 is 2.52 bits per heavy atom. The maximum absolute atomic E-state index is 11.7. The Balaban J connectivity index is 2.34. The number of halogens is 1. The van der Waals surface area contributed by atoms with Gasteiger partial charge in [-0.25, -0.2) is 4.79 Å². The van der Waals surface area contributed by atoms with Crippen LogP contribution in [0.2, 0.25) is 5.02 Å². The third kappa shape index (κ3) is 7.56. The van der Waals surface area contributed by atoms with Crippen molar-refractivity contribution in [2.24, 2.45) is 0 Å². The van der Waals surface area contributed by atoms with Crippen LogP contribution in [0.25, 0.3) is 0 Å². The van der Waals surface area contributed by atoms with Gasteiger partial charge in [-0.1, -0.05) is 30.7 Å². The Kier molecular flexibility index (Phi) is 7.61. The Labute approximate surface area is 129 Å². The molecule has 6 heteroatoms. The summed E-state index contributed by atoms with van der Waals surface area (Å²) in [4.78, 5) is 22.1. The molecule has 0 bridgehead atoms. The number of amides is 2. The summed E-state index contributed by atoms with van der Waals surface area (Å²) in [6.45, 7) is 2.36. The maximum Gasteiger partial charge on any atom is 0.315 e. The van der Waals surface area contributed by atoms with Crippen molar-refractivity contribution in [3.05, 3.63) is 34.9 Å². The molecule has 0 aromatic heterocycles. The zero-order chi connectivity index (χ0) is 15.7. The van der Waals surface area contributed by atoms with Crippen LogP contribution in [0.15, 0.2) is 24.3 Å². The van der Waals surface area contributed by atoms with Crippen molar-refractivity contribution < 1.29 is 14.7 Å². The predicted molar refractivity (Wildman–Crippen MR) is 82.6 cm³/mol. The number of carbonyl (C=O) groups excluding carboxylic acids is 1. The number of carbonyl (C=O) groups is 2. The van der Waals surface area contributed by atoms with E-state index in [0.717, 1.165) is 18.4 Å².